The number of carbonyl (C=O) groups excluding carboxylic acids is 2. The second-order valence-electron chi connectivity index (χ2n) is 4.96. The molecule has 0 radical (unpaired) electrons. The maximum Gasteiger partial charge on any atom is 0.240 e. The zero-order valence-corrected chi connectivity index (χ0v) is 14.3. The topological polar surface area (TPSA) is 92.3 Å². The van der Waals surface area contributed by atoms with Gasteiger partial charge < -0.3 is 5.32 Å². The second kappa shape index (κ2) is 7.57. The van der Waals surface area contributed by atoms with E-state index in [0.717, 1.165) is 0 Å². The molecule has 0 unspecified atom stereocenters. The van der Waals surface area contributed by atoms with Crippen LogP contribution in [0.4, 0.5) is 5.69 Å². The molecule has 2 rings (SSSR count). The fourth-order valence-electron chi connectivity index (χ4n) is 1.93. The first-order valence-corrected chi connectivity index (χ1v) is 8.80. The van der Waals surface area contributed by atoms with Crippen LogP contribution in [-0.4, -0.2) is 26.7 Å². The van der Waals surface area contributed by atoms with Crippen LogP contribution in [0.25, 0.3) is 0 Å². The maximum absolute atomic E-state index is 12.2. The van der Waals surface area contributed by atoms with E-state index in [1.165, 1.54) is 37.3 Å². The monoisotopic (exact) mass is 366 g/mol. The van der Waals surface area contributed by atoms with E-state index >= 15 is 0 Å². The third-order valence-corrected chi connectivity index (χ3v) is 4.71. The lowest BCUT2D eigenvalue weighted by Crippen LogP contribution is -2.29. The van der Waals surface area contributed by atoms with Gasteiger partial charge in [0, 0.05) is 23.2 Å². The molecule has 2 aromatic carbocycles. The third kappa shape index (κ3) is 4.89. The van der Waals surface area contributed by atoms with Gasteiger partial charge in [0.05, 0.1) is 11.4 Å². The normalized spacial score (nSPS) is 11.1. The molecular formula is C16H15ClN2O4S. The van der Waals surface area contributed by atoms with E-state index in [1.807, 2.05) is 0 Å². The van der Waals surface area contributed by atoms with E-state index in [9.17, 15) is 18.0 Å². The van der Waals surface area contributed by atoms with E-state index in [0.29, 0.717) is 16.3 Å². The number of benzene rings is 2. The Morgan fingerprint density at radius 2 is 1.75 bits per heavy atom. The summed E-state index contributed by atoms with van der Waals surface area (Å²) in [5.74, 6) is -0.646. The molecule has 0 bridgehead atoms. The number of halogens is 1. The molecule has 126 valence electrons. The Morgan fingerprint density at radius 3 is 2.33 bits per heavy atom. The third-order valence-electron chi connectivity index (χ3n) is 3.05. The molecule has 0 aliphatic rings. The molecule has 0 atom stereocenters. The Labute approximate surface area is 144 Å². The van der Waals surface area contributed by atoms with Gasteiger partial charge in [-0.05, 0) is 36.4 Å². The molecule has 8 heteroatoms. The first kappa shape index (κ1) is 18.1. The lowest BCUT2D eigenvalue weighted by molar-refractivity contribution is -0.114. The van der Waals surface area contributed by atoms with E-state index in [1.54, 1.807) is 18.2 Å². The number of ketones is 1. The van der Waals surface area contributed by atoms with Crippen LogP contribution in [0, 0.1) is 0 Å². The summed E-state index contributed by atoms with van der Waals surface area (Å²) in [4.78, 5) is 23.0. The number of rotatable bonds is 6. The Bertz CT molecular complexity index is 864. The average molecular weight is 367 g/mol. The molecule has 2 N–H and O–H groups in total. The highest BCUT2D eigenvalue weighted by Gasteiger charge is 2.16. The zero-order chi connectivity index (χ0) is 17.7. The van der Waals surface area contributed by atoms with Crippen LogP contribution in [0.3, 0.4) is 0 Å². The van der Waals surface area contributed by atoms with Crippen molar-refractivity contribution in [3.8, 4) is 0 Å². The number of nitrogens with one attached hydrogen (secondary N) is 2. The number of carbonyl (C=O) groups is 2. The van der Waals surface area contributed by atoms with Crippen molar-refractivity contribution in [1.82, 2.24) is 4.72 Å². The van der Waals surface area contributed by atoms with Gasteiger partial charge in [0.1, 0.15) is 0 Å². The van der Waals surface area contributed by atoms with Crippen molar-refractivity contribution >= 4 is 39.0 Å². The molecule has 0 heterocycles. The van der Waals surface area contributed by atoms with Crippen molar-refractivity contribution in [2.24, 2.45) is 0 Å². The smallest absolute Gasteiger partial charge is 0.240 e. The van der Waals surface area contributed by atoms with E-state index in [4.69, 9.17) is 11.6 Å². The van der Waals surface area contributed by atoms with Gasteiger partial charge in [-0.2, -0.15) is 0 Å². The molecule has 0 spiro atoms. The van der Waals surface area contributed by atoms with Crippen LogP contribution in [0.15, 0.2) is 53.4 Å². The highest BCUT2D eigenvalue weighted by atomic mass is 35.5. The van der Waals surface area contributed by atoms with Gasteiger partial charge in [0.25, 0.3) is 0 Å². The predicted octanol–water partition coefficient (Wildman–Crippen LogP) is 2.46. The highest BCUT2D eigenvalue weighted by molar-refractivity contribution is 7.89. The minimum absolute atomic E-state index is 0.00417. The van der Waals surface area contributed by atoms with Crippen molar-refractivity contribution in [1.29, 1.82) is 0 Å². The minimum atomic E-state index is -3.84. The van der Waals surface area contributed by atoms with Crippen molar-refractivity contribution in [2.75, 3.05) is 11.9 Å². The summed E-state index contributed by atoms with van der Waals surface area (Å²) in [7, 11) is -3.84. The van der Waals surface area contributed by atoms with Crippen LogP contribution in [0.1, 0.15) is 17.3 Å². The molecule has 6 nitrogen and oxygen atoms in total. The summed E-state index contributed by atoms with van der Waals surface area (Å²) in [5, 5.41) is 2.94. The van der Waals surface area contributed by atoms with Gasteiger partial charge in [0.15, 0.2) is 5.78 Å². The number of amides is 1. The molecule has 1 amide bonds. The lowest BCUT2D eigenvalue weighted by Gasteiger charge is -2.08. The first-order chi connectivity index (χ1) is 11.3. The summed E-state index contributed by atoms with van der Waals surface area (Å²) < 4.78 is 26.6. The Morgan fingerprint density at radius 1 is 1.08 bits per heavy atom. The minimum Gasteiger partial charge on any atom is -0.326 e. The first-order valence-electron chi connectivity index (χ1n) is 6.94. The van der Waals surface area contributed by atoms with E-state index < -0.39 is 15.8 Å². The fraction of sp³-hybridized carbons (Fsp3) is 0.125. The molecule has 0 aliphatic carbocycles. The molecule has 24 heavy (non-hydrogen) atoms. The largest absolute Gasteiger partial charge is 0.326 e. The van der Waals surface area contributed by atoms with Gasteiger partial charge in [0.2, 0.25) is 15.9 Å². The van der Waals surface area contributed by atoms with Crippen molar-refractivity contribution < 1.29 is 18.0 Å². The summed E-state index contributed by atoms with van der Waals surface area (Å²) in [6.07, 6.45) is 0. The number of Topliss-reactive ketones (excluding diaryl/α,β-unsaturated/α-hetero) is 1. The SMILES string of the molecule is CC(=O)Nc1ccc(S(=O)(=O)NCC(=O)c2cccc(Cl)c2)cc1. The molecule has 2 aromatic rings. The van der Waals surface area contributed by atoms with Crippen LogP contribution >= 0.6 is 11.6 Å². The summed E-state index contributed by atoms with van der Waals surface area (Å²) in [5.41, 5.74) is 0.808. The average Bonchev–Trinajstić information content (AvgIpc) is 2.52. The molecule has 0 saturated carbocycles. The molecular weight excluding hydrogens is 352 g/mol. The lowest BCUT2D eigenvalue weighted by atomic mass is 10.1. The van der Waals surface area contributed by atoms with E-state index in [-0.39, 0.29) is 17.3 Å². The number of hydrogen-bond donors (Lipinski definition) is 2. The molecule has 0 aliphatic heterocycles. The van der Waals surface area contributed by atoms with E-state index in [2.05, 4.69) is 10.0 Å². The standard InChI is InChI=1S/C16H15ClN2O4S/c1-11(20)19-14-5-7-15(8-6-14)24(22,23)18-10-16(21)12-3-2-4-13(17)9-12/h2-9,18H,10H2,1H3,(H,19,20). The quantitative estimate of drug-likeness (QED) is 0.768. The number of hydrogen-bond acceptors (Lipinski definition) is 4. The second-order valence-corrected chi connectivity index (χ2v) is 7.17. The van der Waals surface area contributed by atoms with Gasteiger partial charge in [-0.25, -0.2) is 13.1 Å². The van der Waals surface area contributed by atoms with Crippen molar-refractivity contribution in [3.63, 3.8) is 0 Å². The van der Waals surface area contributed by atoms with Crippen LogP contribution < -0.4 is 10.0 Å². The summed E-state index contributed by atoms with van der Waals surface area (Å²) in [6.45, 7) is 0.976. The van der Waals surface area contributed by atoms with Gasteiger partial charge >= 0.3 is 0 Å². The summed E-state index contributed by atoms with van der Waals surface area (Å²) >= 11 is 5.80. The Kier molecular flexibility index (Phi) is 5.71. The maximum atomic E-state index is 12.2. The van der Waals surface area contributed by atoms with Gasteiger partial charge in [-0.3, -0.25) is 9.59 Å². The summed E-state index contributed by atoms with van der Waals surface area (Å²) in [6, 6.07) is 11.9. The fourth-order valence-corrected chi connectivity index (χ4v) is 3.10. The van der Waals surface area contributed by atoms with Crippen molar-refractivity contribution in [2.45, 2.75) is 11.8 Å². The van der Waals surface area contributed by atoms with Crippen molar-refractivity contribution in [3.05, 3.63) is 59.1 Å². The Hall–Kier alpha value is -2.22. The van der Waals surface area contributed by atoms with Gasteiger partial charge in [-0.1, -0.05) is 23.7 Å². The van der Waals surface area contributed by atoms with Crippen LogP contribution in [-0.2, 0) is 14.8 Å². The highest BCUT2D eigenvalue weighted by Crippen LogP contribution is 2.14. The Balaban J connectivity index is 2.05. The predicted molar refractivity (Wildman–Crippen MR) is 91.7 cm³/mol. The molecule has 0 saturated heterocycles. The van der Waals surface area contributed by atoms with Crippen LogP contribution in [0.2, 0.25) is 5.02 Å². The number of sulfonamides is 1. The van der Waals surface area contributed by atoms with Gasteiger partial charge in [-0.15, -0.1) is 0 Å². The van der Waals surface area contributed by atoms with Crippen LogP contribution in [0.5, 0.6) is 0 Å². The molecule has 0 aromatic heterocycles. The zero-order valence-electron chi connectivity index (χ0n) is 12.7. The molecule has 0 fully saturated rings. The number of anilines is 1.